The van der Waals surface area contributed by atoms with Crippen LogP contribution >= 0.6 is 11.6 Å². The van der Waals surface area contributed by atoms with Gasteiger partial charge in [-0.2, -0.15) is 0 Å². The van der Waals surface area contributed by atoms with E-state index in [9.17, 15) is 9.18 Å². The molecule has 2 nitrogen and oxygen atoms in total. The Morgan fingerprint density at radius 1 is 1.44 bits per heavy atom. The molecule has 0 amide bonds. The van der Waals surface area contributed by atoms with E-state index >= 15 is 0 Å². The Hall–Kier alpha value is -1.09. The summed E-state index contributed by atoms with van der Waals surface area (Å²) in [4.78, 5) is 11.3. The van der Waals surface area contributed by atoms with E-state index in [1.165, 1.54) is 0 Å². The van der Waals surface area contributed by atoms with Crippen LogP contribution in [0.2, 0.25) is 0 Å². The largest absolute Gasteiger partial charge is 0.466 e. The summed E-state index contributed by atoms with van der Waals surface area (Å²) in [5.41, 5.74) is 1.64. The number of alkyl halides is 1. The number of carbonyl (C=O) groups is 1. The number of esters is 1. The molecule has 0 unspecified atom stereocenters. The van der Waals surface area contributed by atoms with E-state index in [2.05, 4.69) is 0 Å². The topological polar surface area (TPSA) is 26.3 Å². The van der Waals surface area contributed by atoms with Gasteiger partial charge in [-0.1, -0.05) is 17.7 Å². The number of hydrogen-bond donors (Lipinski definition) is 0. The second kappa shape index (κ2) is 5.85. The van der Waals surface area contributed by atoms with Crippen LogP contribution in [0.15, 0.2) is 12.1 Å². The fraction of sp³-hybridized carbons (Fsp3) is 0.417. The first-order valence-electron chi connectivity index (χ1n) is 5.08. The Morgan fingerprint density at radius 3 is 2.62 bits per heavy atom. The lowest BCUT2D eigenvalue weighted by Crippen LogP contribution is -2.10. The van der Waals surface area contributed by atoms with Gasteiger partial charge in [-0.3, -0.25) is 4.79 Å². The Bertz CT molecular complexity index is 391. The van der Waals surface area contributed by atoms with Gasteiger partial charge in [-0.15, -0.1) is 11.6 Å². The van der Waals surface area contributed by atoms with E-state index in [-0.39, 0.29) is 12.3 Å². The summed E-state index contributed by atoms with van der Waals surface area (Å²) in [5.74, 6) is -0.732. The molecule has 0 aromatic heterocycles. The molecule has 88 valence electrons. The smallest absolute Gasteiger partial charge is 0.310 e. The van der Waals surface area contributed by atoms with Crippen LogP contribution in [0.3, 0.4) is 0 Å². The molecule has 0 N–H and O–H groups in total. The molecule has 0 saturated carbocycles. The van der Waals surface area contributed by atoms with Crippen molar-refractivity contribution in [1.29, 1.82) is 0 Å². The fourth-order valence-electron chi connectivity index (χ4n) is 1.52. The van der Waals surface area contributed by atoms with Gasteiger partial charge < -0.3 is 4.74 Å². The van der Waals surface area contributed by atoms with Crippen molar-refractivity contribution in [3.63, 3.8) is 0 Å². The Morgan fingerprint density at radius 2 is 2.06 bits per heavy atom. The average molecular weight is 245 g/mol. The zero-order chi connectivity index (χ0) is 12.1. The number of hydrogen-bond acceptors (Lipinski definition) is 2. The van der Waals surface area contributed by atoms with Gasteiger partial charge >= 0.3 is 5.97 Å². The maximum Gasteiger partial charge on any atom is 0.310 e. The highest BCUT2D eigenvalue weighted by atomic mass is 35.5. The molecule has 0 atom stereocenters. The summed E-state index contributed by atoms with van der Waals surface area (Å²) >= 11 is 5.62. The van der Waals surface area contributed by atoms with Crippen LogP contribution in [-0.4, -0.2) is 12.6 Å². The van der Waals surface area contributed by atoms with Gasteiger partial charge in [0.15, 0.2) is 0 Å². The Balaban J connectivity index is 2.95. The zero-order valence-electron chi connectivity index (χ0n) is 9.35. The minimum absolute atomic E-state index is 0.0504. The van der Waals surface area contributed by atoms with E-state index < -0.39 is 11.8 Å². The molecule has 0 radical (unpaired) electrons. The van der Waals surface area contributed by atoms with E-state index in [0.29, 0.717) is 17.7 Å². The lowest BCUT2D eigenvalue weighted by Gasteiger charge is -2.08. The summed E-state index contributed by atoms with van der Waals surface area (Å²) in [6.45, 7) is 3.85. The number of carbonyl (C=O) groups excluding carboxylic acids is 1. The molecule has 4 heteroatoms. The molecule has 1 aromatic rings. The predicted octanol–water partition coefficient (Wildman–Crippen LogP) is 2.98. The third kappa shape index (κ3) is 3.20. The van der Waals surface area contributed by atoms with Crippen LogP contribution in [0.5, 0.6) is 0 Å². The van der Waals surface area contributed by atoms with E-state index in [1.54, 1.807) is 19.1 Å². The van der Waals surface area contributed by atoms with Crippen molar-refractivity contribution >= 4 is 17.6 Å². The highest BCUT2D eigenvalue weighted by molar-refractivity contribution is 6.17. The minimum Gasteiger partial charge on any atom is -0.466 e. The van der Waals surface area contributed by atoms with Crippen molar-refractivity contribution in [2.75, 3.05) is 6.61 Å². The van der Waals surface area contributed by atoms with Crippen molar-refractivity contribution in [3.8, 4) is 0 Å². The van der Waals surface area contributed by atoms with Gasteiger partial charge in [0.25, 0.3) is 0 Å². The number of ether oxygens (including phenoxy) is 1. The maximum atomic E-state index is 13.8. The molecule has 0 heterocycles. The molecule has 0 bridgehead atoms. The maximum absolute atomic E-state index is 13.8. The molecular weight excluding hydrogens is 231 g/mol. The molecule has 0 aliphatic heterocycles. The van der Waals surface area contributed by atoms with Gasteiger partial charge in [0, 0.05) is 5.56 Å². The zero-order valence-corrected chi connectivity index (χ0v) is 10.1. The molecule has 0 spiro atoms. The second-order valence-electron chi connectivity index (χ2n) is 3.51. The lowest BCUT2D eigenvalue weighted by molar-refractivity contribution is -0.142. The molecule has 0 saturated heterocycles. The van der Waals surface area contributed by atoms with Crippen molar-refractivity contribution in [3.05, 3.63) is 34.6 Å². The van der Waals surface area contributed by atoms with Crippen LogP contribution in [0.1, 0.15) is 23.6 Å². The quantitative estimate of drug-likeness (QED) is 0.601. The second-order valence-corrected chi connectivity index (χ2v) is 3.78. The van der Waals surface area contributed by atoms with E-state index in [4.69, 9.17) is 16.3 Å². The molecule has 0 aliphatic rings. The first kappa shape index (κ1) is 13.0. The van der Waals surface area contributed by atoms with Gasteiger partial charge in [-0.05, 0) is 19.4 Å². The number of benzene rings is 1. The van der Waals surface area contributed by atoms with Crippen molar-refractivity contribution in [2.45, 2.75) is 26.1 Å². The summed E-state index contributed by atoms with van der Waals surface area (Å²) in [5, 5.41) is 0. The molecule has 1 rings (SSSR count). The minimum atomic E-state index is -0.424. The summed E-state index contributed by atoms with van der Waals surface area (Å²) < 4.78 is 18.5. The SMILES string of the molecule is CCOC(=O)Cc1cc(C)cc(CCl)c1F. The predicted molar refractivity (Wildman–Crippen MR) is 61.0 cm³/mol. The standard InChI is InChI=1S/C12H14ClFO2/c1-3-16-11(15)6-9-4-8(2)5-10(7-13)12(9)14/h4-5H,3,6-7H2,1-2H3. The highest BCUT2D eigenvalue weighted by Gasteiger charge is 2.13. The number of aryl methyl sites for hydroxylation is 1. The molecule has 1 aromatic carbocycles. The fourth-order valence-corrected chi connectivity index (χ4v) is 1.71. The van der Waals surface area contributed by atoms with Crippen LogP contribution in [0, 0.1) is 12.7 Å². The third-order valence-corrected chi connectivity index (χ3v) is 2.44. The van der Waals surface area contributed by atoms with Gasteiger partial charge in [0.1, 0.15) is 5.82 Å². The summed E-state index contributed by atoms with van der Waals surface area (Å²) in [7, 11) is 0. The first-order chi connectivity index (χ1) is 7.58. The first-order valence-corrected chi connectivity index (χ1v) is 5.61. The number of rotatable bonds is 4. The Kier molecular flexibility index (Phi) is 4.74. The van der Waals surface area contributed by atoms with Crippen molar-refractivity contribution in [1.82, 2.24) is 0 Å². The van der Waals surface area contributed by atoms with E-state index in [1.807, 2.05) is 6.92 Å². The van der Waals surface area contributed by atoms with Crippen LogP contribution in [0.4, 0.5) is 4.39 Å². The van der Waals surface area contributed by atoms with Gasteiger partial charge in [0.2, 0.25) is 0 Å². The van der Waals surface area contributed by atoms with Crippen molar-refractivity contribution in [2.24, 2.45) is 0 Å². The van der Waals surface area contributed by atoms with Gasteiger partial charge in [-0.25, -0.2) is 4.39 Å². The highest BCUT2D eigenvalue weighted by Crippen LogP contribution is 2.18. The average Bonchev–Trinajstić information content (AvgIpc) is 2.23. The molecular formula is C12H14ClFO2. The van der Waals surface area contributed by atoms with Crippen molar-refractivity contribution < 1.29 is 13.9 Å². The van der Waals surface area contributed by atoms with Gasteiger partial charge in [0.05, 0.1) is 18.9 Å². The monoisotopic (exact) mass is 244 g/mol. The molecule has 0 fully saturated rings. The Labute approximate surface area is 99.4 Å². The summed E-state index contributed by atoms with van der Waals surface area (Å²) in [6, 6.07) is 3.32. The third-order valence-electron chi connectivity index (χ3n) is 2.15. The van der Waals surface area contributed by atoms with E-state index in [0.717, 1.165) is 5.56 Å². The van der Waals surface area contributed by atoms with Crippen LogP contribution in [-0.2, 0) is 21.8 Å². The molecule has 16 heavy (non-hydrogen) atoms. The van der Waals surface area contributed by atoms with Crippen LogP contribution < -0.4 is 0 Å². The number of halogens is 2. The van der Waals surface area contributed by atoms with Crippen LogP contribution in [0.25, 0.3) is 0 Å². The lowest BCUT2D eigenvalue weighted by atomic mass is 10.0. The molecule has 0 aliphatic carbocycles. The normalized spacial score (nSPS) is 10.2. The summed E-state index contributed by atoms with van der Waals surface area (Å²) in [6.07, 6.45) is -0.0504.